The van der Waals surface area contributed by atoms with Crippen LogP contribution >= 0.6 is 11.3 Å². The van der Waals surface area contributed by atoms with Crippen molar-refractivity contribution in [1.29, 1.82) is 0 Å². The molecule has 1 fully saturated rings. The molecule has 0 radical (unpaired) electrons. The molecule has 1 aliphatic carbocycles. The fraction of sp³-hybridized carbons (Fsp3) is 0.538. The minimum absolute atomic E-state index is 0.0468. The summed E-state index contributed by atoms with van der Waals surface area (Å²) in [5.74, 6) is -1.78. The molecule has 18 heavy (non-hydrogen) atoms. The molecule has 2 N–H and O–H groups in total. The molecule has 0 bridgehead atoms. The van der Waals surface area contributed by atoms with Crippen LogP contribution in [0, 0.1) is 18.8 Å². The number of hydrogen-bond donors (Lipinski definition) is 2. The van der Waals surface area contributed by atoms with E-state index in [2.05, 4.69) is 24.4 Å². The van der Waals surface area contributed by atoms with Gasteiger partial charge in [-0.25, -0.2) is 0 Å². The first kappa shape index (κ1) is 13.1. The van der Waals surface area contributed by atoms with Crippen LogP contribution in [0.4, 0.5) is 0 Å². The van der Waals surface area contributed by atoms with Gasteiger partial charge in [-0.15, -0.1) is 11.3 Å². The Morgan fingerprint density at radius 3 is 2.72 bits per heavy atom. The maximum atomic E-state index is 11.8. The van der Waals surface area contributed by atoms with Crippen LogP contribution in [0.15, 0.2) is 12.1 Å². The summed E-state index contributed by atoms with van der Waals surface area (Å²) < 4.78 is 0. The zero-order valence-electron chi connectivity index (χ0n) is 10.5. The normalized spacial score (nSPS) is 23.4. The van der Waals surface area contributed by atoms with Crippen molar-refractivity contribution in [2.75, 3.05) is 0 Å². The van der Waals surface area contributed by atoms with Gasteiger partial charge in [0.25, 0.3) is 0 Å². The number of rotatable bonds is 5. The van der Waals surface area contributed by atoms with E-state index in [0.29, 0.717) is 6.42 Å². The molecule has 1 aliphatic rings. The Hall–Kier alpha value is -1.36. The molecule has 1 heterocycles. The molecule has 1 aromatic heterocycles. The third-order valence-electron chi connectivity index (χ3n) is 3.14. The zero-order valence-corrected chi connectivity index (χ0v) is 11.3. The molecule has 5 heteroatoms. The average Bonchev–Trinajstić information content (AvgIpc) is 2.98. The van der Waals surface area contributed by atoms with E-state index in [-0.39, 0.29) is 17.9 Å². The van der Waals surface area contributed by atoms with Crippen LogP contribution in [0.5, 0.6) is 0 Å². The lowest BCUT2D eigenvalue weighted by Crippen LogP contribution is -2.35. The SMILES string of the molecule is Cc1ccc(C[C@H](C)NC(=O)[C@H]2C[C@@H]2C(=O)O)s1. The van der Waals surface area contributed by atoms with Crippen molar-refractivity contribution >= 4 is 23.2 Å². The molecule has 1 saturated carbocycles. The average molecular weight is 267 g/mol. The third-order valence-corrected chi connectivity index (χ3v) is 4.16. The number of nitrogens with one attached hydrogen (secondary N) is 1. The number of carbonyl (C=O) groups is 2. The van der Waals surface area contributed by atoms with Crippen LogP contribution in [0.3, 0.4) is 0 Å². The lowest BCUT2D eigenvalue weighted by molar-refractivity contribution is -0.140. The van der Waals surface area contributed by atoms with Gasteiger partial charge in [0.2, 0.25) is 5.91 Å². The number of carboxylic acids is 1. The molecule has 2 rings (SSSR count). The van der Waals surface area contributed by atoms with Crippen molar-refractivity contribution in [3.63, 3.8) is 0 Å². The minimum atomic E-state index is -0.864. The number of carboxylic acid groups (broad SMARTS) is 1. The van der Waals surface area contributed by atoms with E-state index in [0.717, 1.165) is 6.42 Å². The van der Waals surface area contributed by atoms with Gasteiger partial charge in [0.1, 0.15) is 0 Å². The molecule has 0 aromatic carbocycles. The topological polar surface area (TPSA) is 66.4 Å². The van der Waals surface area contributed by atoms with Crippen molar-refractivity contribution in [3.8, 4) is 0 Å². The molecular weight excluding hydrogens is 250 g/mol. The Labute approximate surface area is 110 Å². The summed E-state index contributed by atoms with van der Waals surface area (Å²) in [6.07, 6.45) is 1.28. The van der Waals surface area contributed by atoms with Crippen molar-refractivity contribution in [3.05, 3.63) is 21.9 Å². The van der Waals surface area contributed by atoms with Gasteiger partial charge < -0.3 is 10.4 Å². The molecule has 0 aliphatic heterocycles. The highest BCUT2D eigenvalue weighted by Crippen LogP contribution is 2.38. The van der Waals surface area contributed by atoms with E-state index in [1.165, 1.54) is 9.75 Å². The molecular formula is C13H17NO3S. The lowest BCUT2D eigenvalue weighted by Gasteiger charge is -2.12. The number of hydrogen-bond acceptors (Lipinski definition) is 3. The van der Waals surface area contributed by atoms with Gasteiger partial charge in [0.15, 0.2) is 0 Å². The summed E-state index contributed by atoms with van der Waals surface area (Å²) in [5.41, 5.74) is 0. The van der Waals surface area contributed by atoms with E-state index in [1.54, 1.807) is 11.3 Å². The highest BCUT2D eigenvalue weighted by molar-refractivity contribution is 7.11. The van der Waals surface area contributed by atoms with Gasteiger partial charge in [-0.3, -0.25) is 9.59 Å². The van der Waals surface area contributed by atoms with Crippen molar-refractivity contribution in [1.82, 2.24) is 5.32 Å². The Morgan fingerprint density at radius 2 is 2.22 bits per heavy atom. The summed E-state index contributed by atoms with van der Waals surface area (Å²) >= 11 is 1.73. The molecule has 1 aromatic rings. The predicted octanol–water partition coefficient (Wildman–Crippen LogP) is 1.82. The number of carbonyl (C=O) groups excluding carboxylic acids is 1. The minimum Gasteiger partial charge on any atom is -0.481 e. The van der Waals surface area contributed by atoms with Crippen molar-refractivity contribution < 1.29 is 14.7 Å². The first-order valence-electron chi connectivity index (χ1n) is 6.06. The van der Waals surface area contributed by atoms with Crippen LogP contribution < -0.4 is 5.32 Å². The monoisotopic (exact) mass is 267 g/mol. The maximum Gasteiger partial charge on any atom is 0.307 e. The quantitative estimate of drug-likeness (QED) is 0.855. The first-order chi connectivity index (χ1) is 8.47. The fourth-order valence-electron chi connectivity index (χ4n) is 2.06. The summed E-state index contributed by atoms with van der Waals surface area (Å²) in [7, 11) is 0. The third kappa shape index (κ3) is 3.10. The Bertz CT molecular complexity index is 469. The molecule has 0 saturated heterocycles. The standard InChI is InChI=1S/C13H17NO3S/c1-7(5-9-4-3-8(2)18-9)14-12(15)10-6-11(10)13(16)17/h3-4,7,10-11H,5-6H2,1-2H3,(H,14,15)(H,16,17)/t7-,10-,11-/m0/s1. The van der Waals surface area contributed by atoms with Crippen LogP contribution in [0.25, 0.3) is 0 Å². The lowest BCUT2D eigenvalue weighted by atomic mass is 10.2. The van der Waals surface area contributed by atoms with Crippen LogP contribution in [-0.4, -0.2) is 23.0 Å². The van der Waals surface area contributed by atoms with Gasteiger partial charge in [-0.1, -0.05) is 0 Å². The highest BCUT2D eigenvalue weighted by Gasteiger charge is 2.48. The second-order valence-corrected chi connectivity index (χ2v) is 6.29. The molecule has 0 spiro atoms. The van der Waals surface area contributed by atoms with Gasteiger partial charge in [-0.05, 0) is 32.4 Å². The molecule has 3 atom stereocenters. The smallest absolute Gasteiger partial charge is 0.307 e. The van der Waals surface area contributed by atoms with Crippen LogP contribution in [0.2, 0.25) is 0 Å². The second-order valence-electron chi connectivity index (χ2n) is 4.91. The van der Waals surface area contributed by atoms with E-state index in [4.69, 9.17) is 5.11 Å². The summed E-state index contributed by atoms with van der Waals surface area (Å²) in [6.45, 7) is 4.00. The number of aliphatic carboxylic acids is 1. The molecule has 98 valence electrons. The highest BCUT2D eigenvalue weighted by atomic mass is 32.1. The number of thiophene rings is 1. The molecule has 1 amide bonds. The summed E-state index contributed by atoms with van der Waals surface area (Å²) in [5, 5.41) is 11.7. The molecule has 0 unspecified atom stereocenters. The fourth-order valence-corrected chi connectivity index (χ4v) is 3.07. The van der Waals surface area contributed by atoms with Gasteiger partial charge >= 0.3 is 5.97 Å². The Morgan fingerprint density at radius 1 is 1.50 bits per heavy atom. The Kier molecular flexibility index (Phi) is 3.71. The van der Waals surface area contributed by atoms with Crippen LogP contribution in [0.1, 0.15) is 23.1 Å². The van der Waals surface area contributed by atoms with E-state index in [9.17, 15) is 9.59 Å². The second kappa shape index (κ2) is 5.10. The summed E-state index contributed by atoms with van der Waals surface area (Å²) in [4.78, 5) is 24.9. The first-order valence-corrected chi connectivity index (χ1v) is 6.87. The largest absolute Gasteiger partial charge is 0.481 e. The van der Waals surface area contributed by atoms with E-state index in [1.807, 2.05) is 6.92 Å². The Balaban J connectivity index is 1.79. The number of aryl methyl sites for hydroxylation is 1. The van der Waals surface area contributed by atoms with Crippen molar-refractivity contribution in [2.24, 2.45) is 11.8 Å². The van der Waals surface area contributed by atoms with Crippen LogP contribution in [-0.2, 0) is 16.0 Å². The molecule has 4 nitrogen and oxygen atoms in total. The van der Waals surface area contributed by atoms with Crippen molar-refractivity contribution in [2.45, 2.75) is 32.7 Å². The van der Waals surface area contributed by atoms with Gasteiger partial charge in [0.05, 0.1) is 11.8 Å². The van der Waals surface area contributed by atoms with E-state index >= 15 is 0 Å². The number of amides is 1. The summed E-state index contributed by atoms with van der Waals surface area (Å²) in [6, 6.07) is 4.18. The van der Waals surface area contributed by atoms with Gasteiger partial charge in [0, 0.05) is 22.2 Å². The van der Waals surface area contributed by atoms with E-state index < -0.39 is 11.9 Å². The maximum absolute atomic E-state index is 11.8. The van der Waals surface area contributed by atoms with Gasteiger partial charge in [-0.2, -0.15) is 0 Å². The predicted molar refractivity (Wildman–Crippen MR) is 69.6 cm³/mol. The zero-order chi connectivity index (χ0) is 13.3.